The van der Waals surface area contributed by atoms with E-state index in [1.165, 1.54) is 0 Å². The fourth-order valence-electron chi connectivity index (χ4n) is 1.35. The first-order valence-electron chi connectivity index (χ1n) is 4.88. The van der Waals surface area contributed by atoms with Crippen LogP contribution < -0.4 is 10.5 Å². The molecule has 1 aromatic rings. The maximum Gasteiger partial charge on any atom is 0.124 e. The third kappa shape index (κ3) is 2.20. The van der Waals surface area contributed by atoms with Gasteiger partial charge in [0.25, 0.3) is 0 Å². The molecule has 1 fully saturated rings. The number of benzene rings is 1. The zero-order chi connectivity index (χ0) is 10.1. The van der Waals surface area contributed by atoms with E-state index in [1.807, 2.05) is 25.1 Å². The van der Waals surface area contributed by atoms with Gasteiger partial charge >= 0.3 is 0 Å². The summed E-state index contributed by atoms with van der Waals surface area (Å²) in [5.41, 5.74) is 6.83. The minimum atomic E-state index is -0.0394. The van der Waals surface area contributed by atoms with Gasteiger partial charge in [0.15, 0.2) is 0 Å². The third-order valence-corrected chi connectivity index (χ3v) is 2.52. The van der Waals surface area contributed by atoms with Gasteiger partial charge in [-0.15, -0.1) is 0 Å². The number of ether oxygens (including phenoxy) is 1. The first kappa shape index (κ1) is 9.81. The van der Waals surface area contributed by atoms with Gasteiger partial charge in [-0.05, 0) is 38.0 Å². The average Bonchev–Trinajstić information content (AvgIpc) is 2.91. The second kappa shape index (κ2) is 3.79. The van der Waals surface area contributed by atoms with E-state index in [-0.39, 0.29) is 6.04 Å². The summed E-state index contributed by atoms with van der Waals surface area (Å²) in [6, 6.07) is 5.58. The van der Waals surface area contributed by atoms with Crippen LogP contribution in [0, 0.1) is 0 Å². The molecule has 0 amide bonds. The lowest BCUT2D eigenvalue weighted by atomic mass is 10.1. The van der Waals surface area contributed by atoms with Crippen molar-refractivity contribution < 1.29 is 4.74 Å². The van der Waals surface area contributed by atoms with Crippen LogP contribution in [-0.2, 0) is 0 Å². The van der Waals surface area contributed by atoms with E-state index in [2.05, 4.69) is 0 Å². The van der Waals surface area contributed by atoms with E-state index in [4.69, 9.17) is 22.1 Å². The van der Waals surface area contributed by atoms with E-state index in [1.54, 1.807) is 0 Å². The van der Waals surface area contributed by atoms with Crippen molar-refractivity contribution in [2.45, 2.75) is 31.9 Å². The number of halogens is 1. The highest BCUT2D eigenvalue weighted by atomic mass is 35.5. The van der Waals surface area contributed by atoms with Crippen LogP contribution in [0.25, 0.3) is 0 Å². The molecule has 0 spiro atoms. The Morgan fingerprint density at radius 3 is 2.79 bits per heavy atom. The monoisotopic (exact) mass is 211 g/mol. The molecule has 0 radical (unpaired) electrons. The van der Waals surface area contributed by atoms with E-state index < -0.39 is 0 Å². The molecule has 1 atom stereocenters. The number of rotatable bonds is 3. The summed E-state index contributed by atoms with van der Waals surface area (Å²) in [5.74, 6) is 0.881. The topological polar surface area (TPSA) is 35.2 Å². The molecule has 0 heterocycles. The highest BCUT2D eigenvalue weighted by Crippen LogP contribution is 2.32. The Kier molecular flexibility index (Phi) is 2.66. The molecule has 0 unspecified atom stereocenters. The summed E-state index contributed by atoms with van der Waals surface area (Å²) in [6.07, 6.45) is 2.70. The van der Waals surface area contributed by atoms with Crippen molar-refractivity contribution in [3.8, 4) is 5.75 Å². The standard InChI is InChI=1S/C11H14ClNO/c1-7(13)10-6-8(12)2-5-11(10)14-9-3-4-9/h2,5-7,9H,3-4,13H2,1H3/t7-/m0/s1. The largest absolute Gasteiger partial charge is 0.490 e. The Morgan fingerprint density at radius 1 is 1.50 bits per heavy atom. The first-order chi connectivity index (χ1) is 6.66. The Morgan fingerprint density at radius 2 is 2.21 bits per heavy atom. The molecule has 1 aliphatic carbocycles. The number of hydrogen-bond acceptors (Lipinski definition) is 2. The summed E-state index contributed by atoms with van der Waals surface area (Å²) >= 11 is 5.90. The minimum absolute atomic E-state index is 0.0394. The highest BCUT2D eigenvalue weighted by Gasteiger charge is 2.24. The molecule has 14 heavy (non-hydrogen) atoms. The lowest BCUT2D eigenvalue weighted by Crippen LogP contribution is -2.08. The molecule has 0 aromatic heterocycles. The van der Waals surface area contributed by atoms with E-state index in [0.717, 1.165) is 24.2 Å². The van der Waals surface area contributed by atoms with Gasteiger partial charge in [0, 0.05) is 16.6 Å². The van der Waals surface area contributed by atoms with E-state index in [9.17, 15) is 0 Å². The molecule has 0 aliphatic heterocycles. The summed E-state index contributed by atoms with van der Waals surface area (Å²) < 4.78 is 5.73. The quantitative estimate of drug-likeness (QED) is 0.835. The zero-order valence-corrected chi connectivity index (χ0v) is 8.92. The maximum atomic E-state index is 5.90. The first-order valence-corrected chi connectivity index (χ1v) is 5.26. The smallest absolute Gasteiger partial charge is 0.124 e. The van der Waals surface area contributed by atoms with Crippen molar-refractivity contribution in [3.05, 3.63) is 28.8 Å². The second-order valence-electron chi connectivity index (χ2n) is 3.79. The summed E-state index contributed by atoms with van der Waals surface area (Å²) in [4.78, 5) is 0. The molecule has 0 bridgehead atoms. The van der Waals surface area contributed by atoms with Crippen molar-refractivity contribution in [1.82, 2.24) is 0 Å². The predicted molar refractivity (Wildman–Crippen MR) is 57.7 cm³/mol. The van der Waals surface area contributed by atoms with Gasteiger partial charge in [-0.3, -0.25) is 0 Å². The van der Waals surface area contributed by atoms with Crippen LogP contribution >= 0.6 is 11.6 Å². The third-order valence-electron chi connectivity index (χ3n) is 2.28. The van der Waals surface area contributed by atoms with Crippen molar-refractivity contribution in [3.63, 3.8) is 0 Å². The molecule has 2 nitrogen and oxygen atoms in total. The van der Waals surface area contributed by atoms with Crippen molar-refractivity contribution in [2.24, 2.45) is 5.73 Å². The predicted octanol–water partition coefficient (Wildman–Crippen LogP) is 2.90. The molecule has 2 N–H and O–H groups in total. The van der Waals surface area contributed by atoms with Crippen LogP contribution in [0.5, 0.6) is 5.75 Å². The van der Waals surface area contributed by atoms with Gasteiger partial charge < -0.3 is 10.5 Å². The minimum Gasteiger partial charge on any atom is -0.490 e. The van der Waals surface area contributed by atoms with Crippen LogP contribution in [0.15, 0.2) is 18.2 Å². The normalized spacial score (nSPS) is 17.9. The van der Waals surface area contributed by atoms with Gasteiger partial charge in [-0.1, -0.05) is 11.6 Å². The van der Waals surface area contributed by atoms with Crippen LogP contribution in [0.2, 0.25) is 5.02 Å². The molecule has 2 rings (SSSR count). The molecular formula is C11H14ClNO. The SMILES string of the molecule is C[C@H](N)c1cc(Cl)ccc1OC1CC1. The fourth-order valence-corrected chi connectivity index (χ4v) is 1.53. The Labute approximate surface area is 89.0 Å². The molecule has 1 saturated carbocycles. The highest BCUT2D eigenvalue weighted by molar-refractivity contribution is 6.30. The molecular weight excluding hydrogens is 198 g/mol. The Balaban J connectivity index is 2.26. The fraction of sp³-hybridized carbons (Fsp3) is 0.455. The number of hydrogen-bond donors (Lipinski definition) is 1. The lowest BCUT2D eigenvalue weighted by molar-refractivity contribution is 0.298. The van der Waals surface area contributed by atoms with Crippen LogP contribution in [0.4, 0.5) is 0 Å². The maximum absolute atomic E-state index is 5.90. The lowest BCUT2D eigenvalue weighted by Gasteiger charge is -2.13. The van der Waals surface area contributed by atoms with Gasteiger partial charge in [0.1, 0.15) is 5.75 Å². The van der Waals surface area contributed by atoms with E-state index in [0.29, 0.717) is 11.1 Å². The molecule has 1 aromatic carbocycles. The van der Waals surface area contributed by atoms with Gasteiger partial charge in [0.2, 0.25) is 0 Å². The van der Waals surface area contributed by atoms with Crippen molar-refractivity contribution in [2.75, 3.05) is 0 Å². The summed E-state index contributed by atoms with van der Waals surface area (Å²) in [6.45, 7) is 1.94. The molecule has 1 aliphatic rings. The van der Waals surface area contributed by atoms with Crippen LogP contribution in [0.3, 0.4) is 0 Å². The van der Waals surface area contributed by atoms with Gasteiger partial charge in [0.05, 0.1) is 6.10 Å². The van der Waals surface area contributed by atoms with Crippen LogP contribution in [0.1, 0.15) is 31.4 Å². The summed E-state index contributed by atoms with van der Waals surface area (Å²) in [5, 5.41) is 0.709. The summed E-state index contributed by atoms with van der Waals surface area (Å²) in [7, 11) is 0. The van der Waals surface area contributed by atoms with Crippen molar-refractivity contribution >= 4 is 11.6 Å². The average molecular weight is 212 g/mol. The molecule has 3 heteroatoms. The Bertz CT molecular complexity index is 334. The van der Waals surface area contributed by atoms with Gasteiger partial charge in [-0.2, -0.15) is 0 Å². The second-order valence-corrected chi connectivity index (χ2v) is 4.22. The van der Waals surface area contributed by atoms with Crippen LogP contribution in [-0.4, -0.2) is 6.10 Å². The molecule has 0 saturated heterocycles. The Hall–Kier alpha value is -0.730. The number of nitrogens with two attached hydrogens (primary N) is 1. The zero-order valence-electron chi connectivity index (χ0n) is 8.16. The molecule has 76 valence electrons. The van der Waals surface area contributed by atoms with E-state index >= 15 is 0 Å². The van der Waals surface area contributed by atoms with Crippen molar-refractivity contribution in [1.29, 1.82) is 0 Å². The van der Waals surface area contributed by atoms with Gasteiger partial charge in [-0.25, -0.2) is 0 Å².